The van der Waals surface area contributed by atoms with E-state index in [1.54, 1.807) is 0 Å². The van der Waals surface area contributed by atoms with Gasteiger partial charge < -0.3 is 15.4 Å². The summed E-state index contributed by atoms with van der Waals surface area (Å²) in [6.07, 6.45) is -3.82. The number of carbonyl (C=O) groups is 1. The zero-order valence-electron chi connectivity index (χ0n) is 11.1. The lowest BCUT2D eigenvalue weighted by atomic mass is 10.2. The first-order valence-electron chi connectivity index (χ1n) is 6.23. The van der Waals surface area contributed by atoms with Crippen molar-refractivity contribution in [3.05, 3.63) is 29.8 Å². The molecule has 0 fully saturated rings. The van der Waals surface area contributed by atoms with Crippen molar-refractivity contribution >= 4 is 5.91 Å². The van der Waals surface area contributed by atoms with Crippen molar-refractivity contribution in [2.24, 2.45) is 0 Å². The van der Waals surface area contributed by atoms with Crippen molar-refractivity contribution in [3.63, 3.8) is 0 Å². The summed E-state index contributed by atoms with van der Waals surface area (Å²) >= 11 is 0. The molecule has 0 spiro atoms. The lowest BCUT2D eigenvalue weighted by molar-refractivity contribution is -0.274. The van der Waals surface area contributed by atoms with Gasteiger partial charge in [-0.2, -0.15) is 0 Å². The van der Waals surface area contributed by atoms with Crippen LogP contribution in [0.5, 0.6) is 5.75 Å². The minimum Gasteiger partial charge on any atom is -0.406 e. The van der Waals surface area contributed by atoms with Gasteiger partial charge in [-0.05, 0) is 24.1 Å². The molecule has 4 nitrogen and oxygen atoms in total. The average Bonchev–Trinajstić information content (AvgIpc) is 2.37. The van der Waals surface area contributed by atoms with Crippen molar-refractivity contribution in [2.75, 3.05) is 13.1 Å². The minimum absolute atomic E-state index is 0.108. The molecule has 0 aliphatic carbocycles. The molecule has 2 N–H and O–H groups in total. The minimum atomic E-state index is -4.68. The van der Waals surface area contributed by atoms with Gasteiger partial charge in [0.05, 0.1) is 6.54 Å². The van der Waals surface area contributed by atoms with Gasteiger partial charge in [0.2, 0.25) is 5.91 Å². The quantitative estimate of drug-likeness (QED) is 0.809. The van der Waals surface area contributed by atoms with E-state index in [-0.39, 0.29) is 18.2 Å². The van der Waals surface area contributed by atoms with E-state index in [1.807, 2.05) is 6.92 Å². The maximum absolute atomic E-state index is 12.0. The van der Waals surface area contributed by atoms with Gasteiger partial charge in [0, 0.05) is 13.1 Å². The Kier molecular flexibility index (Phi) is 6.30. The van der Waals surface area contributed by atoms with Crippen molar-refractivity contribution in [1.82, 2.24) is 10.6 Å². The van der Waals surface area contributed by atoms with Gasteiger partial charge in [-0.3, -0.25) is 4.79 Å². The smallest absolute Gasteiger partial charge is 0.406 e. The molecule has 1 rings (SSSR count). The number of hydrogen-bond donors (Lipinski definition) is 2. The fraction of sp³-hybridized carbons (Fsp3) is 0.462. The van der Waals surface area contributed by atoms with Gasteiger partial charge in [-0.25, -0.2) is 0 Å². The molecule has 0 saturated heterocycles. The third kappa shape index (κ3) is 6.98. The zero-order chi connectivity index (χ0) is 15.0. The number of rotatable bonds is 7. The van der Waals surface area contributed by atoms with Crippen LogP contribution in [0.1, 0.15) is 18.9 Å². The van der Waals surface area contributed by atoms with Crippen LogP contribution in [-0.2, 0) is 11.3 Å². The van der Waals surface area contributed by atoms with Crippen molar-refractivity contribution in [1.29, 1.82) is 0 Å². The molecular formula is C13H17F3N2O2. The highest BCUT2D eigenvalue weighted by Gasteiger charge is 2.30. The molecule has 0 unspecified atom stereocenters. The number of halogens is 3. The Morgan fingerprint density at radius 3 is 2.45 bits per heavy atom. The fourth-order valence-corrected chi connectivity index (χ4v) is 1.46. The summed E-state index contributed by atoms with van der Waals surface area (Å²) in [4.78, 5) is 11.3. The third-order valence-corrected chi connectivity index (χ3v) is 2.34. The first-order chi connectivity index (χ1) is 9.40. The molecule has 0 heterocycles. The van der Waals surface area contributed by atoms with Gasteiger partial charge in [-0.15, -0.1) is 13.2 Å². The van der Waals surface area contributed by atoms with Crippen molar-refractivity contribution in [2.45, 2.75) is 26.3 Å². The molecule has 0 bridgehead atoms. The lowest BCUT2D eigenvalue weighted by Crippen LogP contribution is -2.33. The van der Waals surface area contributed by atoms with E-state index < -0.39 is 6.36 Å². The fourth-order valence-electron chi connectivity index (χ4n) is 1.46. The number of amides is 1. The second-order valence-electron chi connectivity index (χ2n) is 4.15. The van der Waals surface area contributed by atoms with Crippen LogP contribution >= 0.6 is 0 Å². The van der Waals surface area contributed by atoms with Crippen molar-refractivity contribution in [3.8, 4) is 5.75 Å². The normalized spacial score (nSPS) is 11.2. The van der Waals surface area contributed by atoms with Crippen LogP contribution in [-0.4, -0.2) is 25.4 Å². The lowest BCUT2D eigenvalue weighted by Gasteiger charge is -2.09. The number of hydrogen-bond acceptors (Lipinski definition) is 3. The van der Waals surface area contributed by atoms with Crippen LogP contribution in [0.2, 0.25) is 0 Å². The summed E-state index contributed by atoms with van der Waals surface area (Å²) in [5.41, 5.74) is 0.766. The van der Waals surface area contributed by atoms with Crippen LogP contribution in [0.15, 0.2) is 24.3 Å². The number of ether oxygens (including phenoxy) is 1. The molecule has 7 heteroatoms. The highest BCUT2D eigenvalue weighted by Crippen LogP contribution is 2.22. The summed E-state index contributed by atoms with van der Waals surface area (Å²) in [6.45, 7) is 3.15. The Balaban J connectivity index is 2.33. The summed E-state index contributed by atoms with van der Waals surface area (Å²) in [5.74, 6) is -0.370. The van der Waals surface area contributed by atoms with E-state index in [4.69, 9.17) is 0 Å². The van der Waals surface area contributed by atoms with E-state index in [9.17, 15) is 18.0 Å². The molecule has 0 atom stereocenters. The highest BCUT2D eigenvalue weighted by molar-refractivity contribution is 5.77. The number of benzene rings is 1. The van der Waals surface area contributed by atoms with Crippen LogP contribution in [0.25, 0.3) is 0 Å². The van der Waals surface area contributed by atoms with Crippen LogP contribution in [0, 0.1) is 0 Å². The first kappa shape index (κ1) is 16.3. The number of nitrogens with one attached hydrogen (secondary N) is 2. The van der Waals surface area contributed by atoms with Crippen LogP contribution in [0.3, 0.4) is 0 Å². The maximum atomic E-state index is 12.0. The third-order valence-electron chi connectivity index (χ3n) is 2.34. The summed E-state index contributed by atoms with van der Waals surface area (Å²) < 4.78 is 39.6. The summed E-state index contributed by atoms with van der Waals surface area (Å²) in [5, 5.41) is 5.61. The SMILES string of the molecule is CCCNC(=O)CNCc1ccc(OC(F)(F)F)cc1. The molecule has 20 heavy (non-hydrogen) atoms. The average molecular weight is 290 g/mol. The standard InChI is InChI=1S/C13H17F3N2O2/c1-2-7-18-12(19)9-17-8-10-3-5-11(6-4-10)20-13(14,15)16/h3-6,17H,2,7-9H2,1H3,(H,18,19). The van der Waals surface area contributed by atoms with E-state index in [2.05, 4.69) is 15.4 Å². The molecule has 0 radical (unpaired) electrons. The Bertz CT molecular complexity index is 419. The Morgan fingerprint density at radius 2 is 1.90 bits per heavy atom. The Labute approximate surface area is 115 Å². The van der Waals surface area contributed by atoms with Crippen LogP contribution in [0.4, 0.5) is 13.2 Å². The largest absolute Gasteiger partial charge is 0.573 e. The van der Waals surface area contributed by atoms with E-state index >= 15 is 0 Å². The van der Waals surface area contributed by atoms with Crippen LogP contribution < -0.4 is 15.4 Å². The van der Waals surface area contributed by atoms with E-state index in [0.717, 1.165) is 12.0 Å². The maximum Gasteiger partial charge on any atom is 0.573 e. The predicted octanol–water partition coefficient (Wildman–Crippen LogP) is 2.20. The molecule has 1 amide bonds. The van der Waals surface area contributed by atoms with E-state index in [0.29, 0.717) is 13.1 Å². The summed E-state index contributed by atoms with van der Waals surface area (Å²) in [7, 11) is 0. The molecule has 0 aliphatic heterocycles. The Hall–Kier alpha value is -1.76. The summed E-state index contributed by atoms with van der Waals surface area (Å²) in [6, 6.07) is 5.50. The van der Waals surface area contributed by atoms with Crippen molar-refractivity contribution < 1.29 is 22.7 Å². The molecule has 0 aliphatic rings. The monoisotopic (exact) mass is 290 g/mol. The van der Waals surface area contributed by atoms with Gasteiger partial charge in [0.15, 0.2) is 0 Å². The van der Waals surface area contributed by atoms with Gasteiger partial charge >= 0.3 is 6.36 Å². The Morgan fingerprint density at radius 1 is 1.25 bits per heavy atom. The second kappa shape index (κ2) is 7.74. The predicted molar refractivity (Wildman–Crippen MR) is 68.1 cm³/mol. The van der Waals surface area contributed by atoms with E-state index in [1.165, 1.54) is 24.3 Å². The second-order valence-corrected chi connectivity index (χ2v) is 4.15. The number of carbonyl (C=O) groups excluding carboxylic acids is 1. The molecule has 1 aromatic carbocycles. The molecule has 0 aromatic heterocycles. The topological polar surface area (TPSA) is 50.4 Å². The molecular weight excluding hydrogens is 273 g/mol. The van der Waals surface area contributed by atoms with Gasteiger partial charge in [0.1, 0.15) is 5.75 Å². The van der Waals surface area contributed by atoms with Gasteiger partial charge in [0.25, 0.3) is 0 Å². The van der Waals surface area contributed by atoms with Gasteiger partial charge in [-0.1, -0.05) is 19.1 Å². The molecule has 1 aromatic rings. The zero-order valence-corrected chi connectivity index (χ0v) is 11.1. The molecule has 0 saturated carbocycles. The number of alkyl halides is 3. The molecule has 112 valence electrons. The highest BCUT2D eigenvalue weighted by atomic mass is 19.4. The first-order valence-corrected chi connectivity index (χ1v) is 6.23.